The Kier molecular flexibility index (Phi) is 4.87. The lowest BCUT2D eigenvalue weighted by Gasteiger charge is -2.10. The molecule has 0 radical (unpaired) electrons. The molecule has 3 rings (SSSR count). The molecule has 2 aromatic rings. The lowest BCUT2D eigenvalue weighted by molar-refractivity contribution is 0.0947. The Morgan fingerprint density at radius 1 is 1.04 bits per heavy atom. The number of hydrogen-bond acceptors (Lipinski definition) is 5. The quantitative estimate of drug-likeness (QED) is 0.923. The average Bonchev–Trinajstić information content (AvgIpc) is 2.78. The minimum Gasteiger partial charge on any atom is -0.350 e. The van der Waals surface area contributed by atoms with Crippen molar-refractivity contribution in [2.45, 2.75) is 59.4 Å². The molecule has 1 aliphatic heterocycles. The normalized spacial score (nSPS) is 14.1. The molecular formula is C17H24N6O. The van der Waals surface area contributed by atoms with Crippen LogP contribution in [0.15, 0.2) is 0 Å². The van der Waals surface area contributed by atoms with E-state index in [1.807, 2.05) is 20.8 Å². The molecule has 0 atom stereocenters. The monoisotopic (exact) mass is 328 g/mol. The lowest BCUT2D eigenvalue weighted by atomic mass is 10.2. The van der Waals surface area contributed by atoms with Crippen LogP contribution in [0.2, 0.25) is 0 Å². The Bertz CT molecular complexity index is 752. The molecule has 128 valence electrons. The molecule has 1 aliphatic rings. The summed E-state index contributed by atoms with van der Waals surface area (Å²) < 4.78 is 2.21. The Morgan fingerprint density at radius 3 is 2.67 bits per heavy atom. The predicted molar refractivity (Wildman–Crippen MR) is 89.9 cm³/mol. The zero-order chi connectivity index (χ0) is 17.1. The summed E-state index contributed by atoms with van der Waals surface area (Å²) in [6.07, 6.45) is 5.26. The highest BCUT2D eigenvalue weighted by atomic mass is 16.1. The van der Waals surface area contributed by atoms with E-state index in [4.69, 9.17) is 0 Å². The highest BCUT2D eigenvalue weighted by Crippen LogP contribution is 2.14. The maximum atomic E-state index is 12.3. The van der Waals surface area contributed by atoms with E-state index in [9.17, 15) is 4.79 Å². The molecular weight excluding hydrogens is 304 g/mol. The summed E-state index contributed by atoms with van der Waals surface area (Å²) in [4.78, 5) is 21.1. The zero-order valence-corrected chi connectivity index (χ0v) is 14.6. The molecule has 7 heteroatoms. The molecule has 0 aromatic carbocycles. The standard InChI is InChI=1S/C17H24N6O/c1-11-12(2)20-16(13(3)19-11)17(24)18-9-8-15-22-21-14-7-5-4-6-10-23(14)15/h4-10H2,1-3H3,(H,18,24). The molecule has 0 aliphatic carbocycles. The zero-order valence-electron chi connectivity index (χ0n) is 14.6. The van der Waals surface area contributed by atoms with Gasteiger partial charge < -0.3 is 9.88 Å². The molecule has 1 N–H and O–H groups in total. The van der Waals surface area contributed by atoms with E-state index in [1.165, 1.54) is 19.3 Å². The number of aryl methyl sites for hydroxylation is 4. The molecule has 1 amide bonds. The minimum absolute atomic E-state index is 0.182. The molecule has 24 heavy (non-hydrogen) atoms. The van der Waals surface area contributed by atoms with Gasteiger partial charge >= 0.3 is 0 Å². The van der Waals surface area contributed by atoms with Gasteiger partial charge in [0.15, 0.2) is 0 Å². The lowest BCUT2D eigenvalue weighted by Crippen LogP contribution is -2.28. The van der Waals surface area contributed by atoms with E-state index >= 15 is 0 Å². The molecule has 0 unspecified atom stereocenters. The van der Waals surface area contributed by atoms with Crippen molar-refractivity contribution in [1.82, 2.24) is 30.0 Å². The van der Waals surface area contributed by atoms with Crippen molar-refractivity contribution in [3.63, 3.8) is 0 Å². The largest absolute Gasteiger partial charge is 0.350 e. The molecule has 3 heterocycles. The average molecular weight is 328 g/mol. The second-order valence-electron chi connectivity index (χ2n) is 6.33. The smallest absolute Gasteiger partial charge is 0.271 e. The van der Waals surface area contributed by atoms with Gasteiger partial charge in [0.2, 0.25) is 0 Å². The van der Waals surface area contributed by atoms with Gasteiger partial charge in [-0.2, -0.15) is 0 Å². The number of hydrogen-bond donors (Lipinski definition) is 1. The van der Waals surface area contributed by atoms with Gasteiger partial charge in [0, 0.05) is 25.9 Å². The molecule has 7 nitrogen and oxygen atoms in total. The summed E-state index contributed by atoms with van der Waals surface area (Å²) in [5, 5.41) is 11.5. The molecule has 0 fully saturated rings. The van der Waals surface area contributed by atoms with E-state index in [0.717, 1.165) is 36.0 Å². The Morgan fingerprint density at radius 2 is 1.83 bits per heavy atom. The third-order valence-electron chi connectivity index (χ3n) is 4.52. The van der Waals surface area contributed by atoms with E-state index < -0.39 is 0 Å². The van der Waals surface area contributed by atoms with Crippen molar-refractivity contribution in [2.24, 2.45) is 0 Å². The number of nitrogens with zero attached hydrogens (tertiary/aromatic N) is 5. The number of aromatic nitrogens is 5. The first-order chi connectivity index (χ1) is 11.6. The summed E-state index contributed by atoms with van der Waals surface area (Å²) in [6.45, 7) is 7.07. The number of fused-ring (bicyclic) bond motifs is 1. The van der Waals surface area contributed by atoms with Crippen LogP contribution < -0.4 is 5.32 Å². The van der Waals surface area contributed by atoms with Crippen molar-refractivity contribution in [2.75, 3.05) is 6.54 Å². The van der Waals surface area contributed by atoms with Crippen molar-refractivity contribution >= 4 is 5.91 Å². The minimum atomic E-state index is -0.182. The van der Waals surface area contributed by atoms with Gasteiger partial charge in [-0.25, -0.2) is 4.98 Å². The van der Waals surface area contributed by atoms with Crippen LogP contribution in [0.4, 0.5) is 0 Å². The maximum Gasteiger partial charge on any atom is 0.271 e. The first-order valence-electron chi connectivity index (χ1n) is 8.57. The van der Waals surface area contributed by atoms with Crippen LogP contribution in [-0.4, -0.2) is 37.2 Å². The van der Waals surface area contributed by atoms with E-state index in [1.54, 1.807) is 0 Å². The van der Waals surface area contributed by atoms with Gasteiger partial charge in [0.25, 0.3) is 5.91 Å². The van der Waals surface area contributed by atoms with Crippen LogP contribution >= 0.6 is 0 Å². The molecule has 0 saturated carbocycles. The molecule has 2 aromatic heterocycles. The summed E-state index contributed by atoms with van der Waals surface area (Å²) >= 11 is 0. The molecule has 0 spiro atoms. The third-order valence-corrected chi connectivity index (χ3v) is 4.52. The Balaban J connectivity index is 1.62. The van der Waals surface area contributed by atoms with Crippen molar-refractivity contribution in [3.05, 3.63) is 34.4 Å². The van der Waals surface area contributed by atoms with Gasteiger partial charge in [0.05, 0.1) is 17.1 Å². The van der Waals surface area contributed by atoms with Crippen molar-refractivity contribution < 1.29 is 4.79 Å². The van der Waals surface area contributed by atoms with Gasteiger partial charge in [0.1, 0.15) is 17.3 Å². The van der Waals surface area contributed by atoms with Crippen molar-refractivity contribution in [3.8, 4) is 0 Å². The Labute approximate surface area is 141 Å². The van der Waals surface area contributed by atoms with Crippen LogP contribution in [0, 0.1) is 20.8 Å². The third kappa shape index (κ3) is 3.44. The van der Waals surface area contributed by atoms with Crippen molar-refractivity contribution in [1.29, 1.82) is 0 Å². The highest BCUT2D eigenvalue weighted by molar-refractivity contribution is 5.93. The number of amides is 1. The van der Waals surface area contributed by atoms with Crippen LogP contribution in [-0.2, 0) is 19.4 Å². The highest BCUT2D eigenvalue weighted by Gasteiger charge is 2.16. The fraction of sp³-hybridized carbons (Fsp3) is 0.588. The Hall–Kier alpha value is -2.31. The SMILES string of the molecule is Cc1nc(C)c(C(=O)NCCc2nnc3n2CCCCC3)nc1C. The summed E-state index contributed by atoms with van der Waals surface area (Å²) in [7, 11) is 0. The van der Waals surface area contributed by atoms with Gasteiger partial charge in [-0.3, -0.25) is 9.78 Å². The van der Waals surface area contributed by atoms with Crippen LogP contribution in [0.25, 0.3) is 0 Å². The first-order valence-corrected chi connectivity index (χ1v) is 8.57. The molecule has 0 bridgehead atoms. The number of carbonyl (C=O) groups is 1. The van der Waals surface area contributed by atoms with E-state index in [-0.39, 0.29) is 5.91 Å². The summed E-state index contributed by atoms with van der Waals surface area (Å²) in [5.41, 5.74) is 2.70. The van der Waals surface area contributed by atoms with Gasteiger partial charge in [-0.15, -0.1) is 10.2 Å². The van der Waals surface area contributed by atoms with E-state index in [2.05, 4.69) is 30.0 Å². The van der Waals surface area contributed by atoms with Gasteiger partial charge in [-0.05, 0) is 33.6 Å². The number of rotatable bonds is 4. The van der Waals surface area contributed by atoms with Gasteiger partial charge in [-0.1, -0.05) is 6.42 Å². The maximum absolute atomic E-state index is 12.3. The predicted octanol–water partition coefficient (Wildman–Crippen LogP) is 1.69. The molecule has 0 saturated heterocycles. The summed E-state index contributed by atoms with van der Waals surface area (Å²) in [5.74, 6) is 1.85. The van der Waals surface area contributed by atoms with Crippen LogP contribution in [0.3, 0.4) is 0 Å². The fourth-order valence-corrected chi connectivity index (χ4v) is 3.03. The summed E-state index contributed by atoms with van der Waals surface area (Å²) in [6, 6.07) is 0. The second-order valence-corrected chi connectivity index (χ2v) is 6.33. The van der Waals surface area contributed by atoms with Crippen LogP contribution in [0.5, 0.6) is 0 Å². The second kappa shape index (κ2) is 7.07. The first kappa shape index (κ1) is 16.5. The van der Waals surface area contributed by atoms with Crippen LogP contribution in [0.1, 0.15) is 58.5 Å². The fourth-order valence-electron chi connectivity index (χ4n) is 3.03. The number of nitrogens with one attached hydrogen (secondary N) is 1. The topological polar surface area (TPSA) is 85.6 Å². The van der Waals surface area contributed by atoms with E-state index in [0.29, 0.717) is 24.4 Å². The number of carbonyl (C=O) groups excluding carboxylic acids is 1.